The number of carbonyl (C=O) groups excluding carboxylic acids is 1. The molecule has 39 heavy (non-hydrogen) atoms. The van der Waals surface area contributed by atoms with Gasteiger partial charge in [-0.25, -0.2) is 0 Å². The molecule has 2 heterocycles. The Balaban J connectivity index is 1.42. The summed E-state index contributed by atoms with van der Waals surface area (Å²) >= 11 is 1.48. The Morgan fingerprint density at radius 2 is 2.13 bits per heavy atom. The molecule has 1 aromatic carbocycles. The van der Waals surface area contributed by atoms with E-state index in [4.69, 9.17) is 14.0 Å². The van der Waals surface area contributed by atoms with Crippen molar-refractivity contribution in [1.82, 2.24) is 5.16 Å². The van der Waals surface area contributed by atoms with Gasteiger partial charge in [-0.2, -0.15) is 5.26 Å². The van der Waals surface area contributed by atoms with Crippen molar-refractivity contribution < 1.29 is 23.7 Å². The number of anilines is 1. The van der Waals surface area contributed by atoms with Gasteiger partial charge in [0.1, 0.15) is 11.1 Å². The number of aromatic nitrogens is 1. The fourth-order valence-electron chi connectivity index (χ4n) is 4.63. The third-order valence-corrected chi connectivity index (χ3v) is 8.04. The molecule has 0 fully saturated rings. The minimum absolute atomic E-state index is 0.0365. The molecule has 0 saturated heterocycles. The van der Waals surface area contributed by atoms with Crippen LogP contribution in [0.5, 0.6) is 11.5 Å². The molecule has 3 aromatic rings. The maximum absolute atomic E-state index is 12.7. The normalized spacial score (nSPS) is 15.0. The first-order chi connectivity index (χ1) is 18.5. The van der Waals surface area contributed by atoms with Crippen molar-refractivity contribution in [3.8, 4) is 17.6 Å². The fourth-order valence-corrected chi connectivity index (χ4v) is 5.92. The van der Waals surface area contributed by atoms with Crippen LogP contribution in [-0.4, -0.2) is 29.7 Å². The lowest BCUT2D eigenvalue weighted by Gasteiger charge is -2.33. The van der Waals surface area contributed by atoms with Crippen LogP contribution in [0, 0.1) is 39.7 Å². The Labute approximate surface area is 230 Å². The highest BCUT2D eigenvalue weighted by atomic mass is 32.1. The number of nitrogens with zero attached hydrogens (tertiary/aromatic N) is 3. The highest BCUT2D eigenvalue weighted by Crippen LogP contribution is 2.44. The van der Waals surface area contributed by atoms with Gasteiger partial charge in [0.2, 0.25) is 5.76 Å². The minimum atomic E-state index is -0.540. The monoisotopic (exact) mass is 550 g/mol. The van der Waals surface area contributed by atoms with Crippen molar-refractivity contribution in [1.29, 1.82) is 5.26 Å². The fraction of sp³-hybridized carbons (Fsp3) is 0.393. The second-order valence-electron chi connectivity index (χ2n) is 10.4. The zero-order valence-corrected chi connectivity index (χ0v) is 23.3. The number of hydrogen-bond donors (Lipinski definition) is 1. The average Bonchev–Trinajstić information content (AvgIpc) is 3.44. The van der Waals surface area contributed by atoms with Crippen molar-refractivity contribution in [2.45, 2.75) is 47.0 Å². The van der Waals surface area contributed by atoms with E-state index >= 15 is 0 Å². The van der Waals surface area contributed by atoms with Crippen LogP contribution in [0.3, 0.4) is 0 Å². The number of thiophene rings is 1. The second kappa shape index (κ2) is 11.3. The van der Waals surface area contributed by atoms with Crippen molar-refractivity contribution in [3.05, 3.63) is 61.3 Å². The van der Waals surface area contributed by atoms with Crippen LogP contribution in [0.15, 0.2) is 22.7 Å². The van der Waals surface area contributed by atoms with Gasteiger partial charge in [0.05, 0.1) is 17.6 Å². The summed E-state index contributed by atoms with van der Waals surface area (Å²) in [5.74, 6) is 0.921. The average molecular weight is 551 g/mol. The predicted molar refractivity (Wildman–Crippen MR) is 148 cm³/mol. The summed E-state index contributed by atoms with van der Waals surface area (Å²) in [4.78, 5) is 24.6. The lowest BCUT2D eigenvalue weighted by molar-refractivity contribution is -0.386. The molecule has 0 bridgehead atoms. The van der Waals surface area contributed by atoms with E-state index in [1.807, 2.05) is 0 Å². The Morgan fingerprint density at radius 1 is 1.36 bits per heavy atom. The molecule has 1 atom stereocenters. The molecule has 10 nitrogen and oxygen atoms in total. The van der Waals surface area contributed by atoms with E-state index in [1.54, 1.807) is 24.3 Å². The third kappa shape index (κ3) is 6.12. The molecule has 2 aromatic heterocycles. The van der Waals surface area contributed by atoms with Gasteiger partial charge < -0.3 is 19.3 Å². The highest BCUT2D eigenvalue weighted by molar-refractivity contribution is 7.16. The quantitative estimate of drug-likeness (QED) is 0.259. The molecule has 1 N–H and O–H groups in total. The summed E-state index contributed by atoms with van der Waals surface area (Å²) in [6, 6.07) is 7.31. The molecule has 1 amide bonds. The Kier molecular flexibility index (Phi) is 8.06. The van der Waals surface area contributed by atoms with Gasteiger partial charge in [0.15, 0.2) is 23.8 Å². The first-order valence-corrected chi connectivity index (χ1v) is 13.3. The van der Waals surface area contributed by atoms with Gasteiger partial charge in [-0.3, -0.25) is 14.9 Å². The van der Waals surface area contributed by atoms with Crippen LogP contribution in [0.4, 0.5) is 10.7 Å². The Bertz CT molecular complexity index is 1470. The van der Waals surface area contributed by atoms with Crippen LogP contribution >= 0.6 is 11.3 Å². The van der Waals surface area contributed by atoms with Gasteiger partial charge >= 0.3 is 5.69 Å². The van der Waals surface area contributed by atoms with E-state index in [-0.39, 0.29) is 35.1 Å². The minimum Gasteiger partial charge on any atom is -0.493 e. The van der Waals surface area contributed by atoms with Crippen molar-refractivity contribution >= 4 is 40.1 Å². The van der Waals surface area contributed by atoms with Crippen molar-refractivity contribution in [2.24, 2.45) is 11.3 Å². The number of carbonyl (C=O) groups is 1. The number of fused-ring (bicyclic) bond motifs is 1. The maximum atomic E-state index is 12.7. The van der Waals surface area contributed by atoms with Crippen LogP contribution in [0.2, 0.25) is 0 Å². The number of ether oxygens (including phenoxy) is 2. The molecule has 204 valence electrons. The molecule has 1 aliphatic rings. The summed E-state index contributed by atoms with van der Waals surface area (Å²) in [5, 5.41) is 28.1. The van der Waals surface area contributed by atoms with Gasteiger partial charge in [-0.1, -0.05) is 38.1 Å². The van der Waals surface area contributed by atoms with E-state index in [0.717, 1.165) is 24.8 Å². The summed E-state index contributed by atoms with van der Waals surface area (Å²) in [6.45, 7) is 7.94. The first kappa shape index (κ1) is 27.9. The molecule has 4 rings (SSSR count). The number of nitro groups is 1. The summed E-state index contributed by atoms with van der Waals surface area (Å²) in [7, 11) is 1.47. The van der Waals surface area contributed by atoms with E-state index in [1.165, 1.54) is 36.3 Å². The maximum Gasteiger partial charge on any atom is 0.338 e. The van der Waals surface area contributed by atoms with Crippen LogP contribution in [0.25, 0.3) is 12.2 Å². The number of amides is 1. The summed E-state index contributed by atoms with van der Waals surface area (Å²) in [6.07, 6.45) is 5.85. The number of aryl methyl sites for hydroxylation is 1. The van der Waals surface area contributed by atoms with Gasteiger partial charge in [-0.15, -0.1) is 11.3 Å². The number of benzene rings is 1. The van der Waals surface area contributed by atoms with Gasteiger partial charge in [-0.05, 0) is 66.9 Å². The molecule has 0 radical (unpaired) electrons. The van der Waals surface area contributed by atoms with Gasteiger partial charge in [0.25, 0.3) is 5.91 Å². The number of nitrogens with one attached hydrogen (secondary N) is 1. The highest BCUT2D eigenvalue weighted by Gasteiger charge is 2.32. The van der Waals surface area contributed by atoms with Crippen LogP contribution in [0.1, 0.15) is 60.2 Å². The SMILES string of the molecule is COc1cc(/C=C/c2onc(C)c2[N+](=O)[O-])ccc1OCC(=O)Nc1sc2c(c1C#N)CC[C@H](C(C)(C)C)C2. The first-order valence-electron chi connectivity index (χ1n) is 12.5. The van der Waals surface area contributed by atoms with E-state index in [9.17, 15) is 20.2 Å². The zero-order chi connectivity index (χ0) is 28.3. The third-order valence-electron chi connectivity index (χ3n) is 6.87. The molecule has 0 spiro atoms. The molecule has 0 saturated carbocycles. The van der Waals surface area contributed by atoms with E-state index in [0.29, 0.717) is 33.5 Å². The molecule has 11 heteroatoms. The molecular formula is C28H30N4O6S. The second-order valence-corrected chi connectivity index (χ2v) is 11.5. The van der Waals surface area contributed by atoms with E-state index in [2.05, 4.69) is 37.3 Å². The van der Waals surface area contributed by atoms with Crippen LogP contribution in [-0.2, 0) is 17.6 Å². The Morgan fingerprint density at radius 3 is 2.79 bits per heavy atom. The smallest absolute Gasteiger partial charge is 0.338 e. The molecule has 1 aliphatic carbocycles. The lowest BCUT2D eigenvalue weighted by Crippen LogP contribution is -2.26. The summed E-state index contributed by atoms with van der Waals surface area (Å²) in [5.41, 5.74) is 2.45. The topological polar surface area (TPSA) is 141 Å². The molecule has 0 aliphatic heterocycles. The predicted octanol–water partition coefficient (Wildman–Crippen LogP) is 6.17. The number of nitriles is 1. The lowest BCUT2D eigenvalue weighted by atomic mass is 9.72. The zero-order valence-electron chi connectivity index (χ0n) is 22.5. The number of hydrogen-bond acceptors (Lipinski definition) is 9. The molecular weight excluding hydrogens is 520 g/mol. The largest absolute Gasteiger partial charge is 0.493 e. The number of methoxy groups -OCH3 is 1. The Hall–Kier alpha value is -4.17. The summed E-state index contributed by atoms with van der Waals surface area (Å²) < 4.78 is 16.2. The van der Waals surface area contributed by atoms with Crippen molar-refractivity contribution in [3.63, 3.8) is 0 Å². The standard InChI is InChI=1S/C28H30N4O6S/c1-16-26(32(34)35)22(38-31-16)11-7-17-6-10-21(23(12-17)36-5)37-15-25(33)30-27-20(14-29)19-9-8-18(28(2,3)4)13-24(19)39-27/h6-7,10-12,18H,8-9,13,15H2,1-5H3,(H,30,33)/b11-7+/t18-/m0/s1. The van der Waals surface area contributed by atoms with Crippen LogP contribution < -0.4 is 14.8 Å². The van der Waals surface area contributed by atoms with Crippen molar-refractivity contribution in [2.75, 3.05) is 19.0 Å². The van der Waals surface area contributed by atoms with Gasteiger partial charge in [0, 0.05) is 4.88 Å². The molecule has 0 unspecified atom stereocenters. The number of rotatable bonds is 8. The van der Waals surface area contributed by atoms with E-state index < -0.39 is 4.92 Å².